The topological polar surface area (TPSA) is 101 Å². The number of hydrogen-bond acceptors (Lipinski definition) is 5. The van der Waals surface area contributed by atoms with Gasteiger partial charge >= 0.3 is 6.03 Å². The first-order valence-corrected chi connectivity index (χ1v) is 9.64. The highest BCUT2D eigenvalue weighted by molar-refractivity contribution is 7.90. The van der Waals surface area contributed by atoms with Gasteiger partial charge in [0.15, 0.2) is 5.82 Å². The van der Waals surface area contributed by atoms with Gasteiger partial charge in [-0.15, -0.1) is 0 Å². The van der Waals surface area contributed by atoms with Crippen LogP contribution in [0.15, 0.2) is 29.7 Å². The molecule has 1 heterocycles. The number of rotatable bonds is 5. The summed E-state index contributed by atoms with van der Waals surface area (Å²) in [5, 5.41) is 1.51. The van der Waals surface area contributed by atoms with E-state index in [0.29, 0.717) is 23.0 Å². The van der Waals surface area contributed by atoms with Crippen molar-refractivity contribution in [1.82, 2.24) is 14.7 Å². The van der Waals surface area contributed by atoms with E-state index in [4.69, 9.17) is 0 Å². The summed E-state index contributed by atoms with van der Waals surface area (Å²) in [6.45, 7) is 7.26. The van der Waals surface area contributed by atoms with Gasteiger partial charge in [0.1, 0.15) is 12.1 Å². The summed E-state index contributed by atoms with van der Waals surface area (Å²) in [5.74, 6) is -1.91. The van der Waals surface area contributed by atoms with Crippen LogP contribution in [0, 0.1) is 11.6 Å². The standard InChI is InChI=1S/C17H20F2N4O3S/c1-9(2)12-5-11(18)6-13(10(3)4)15(12)22-17(24)23-27(25,26)16-14(19)7-20-8-21-16/h5-10H,1-4H3,(H2,22,23,24). The van der Waals surface area contributed by atoms with Gasteiger partial charge in [0.05, 0.1) is 6.20 Å². The van der Waals surface area contributed by atoms with Crippen molar-refractivity contribution in [3.63, 3.8) is 0 Å². The number of carbonyl (C=O) groups excluding carboxylic acids is 1. The van der Waals surface area contributed by atoms with Crippen LogP contribution in [0.25, 0.3) is 0 Å². The van der Waals surface area contributed by atoms with Crippen LogP contribution in [-0.4, -0.2) is 24.4 Å². The molecule has 1 aromatic carbocycles. The molecule has 2 aromatic rings. The molecular formula is C17H20F2N4O3S. The van der Waals surface area contributed by atoms with Crippen LogP contribution in [0.5, 0.6) is 0 Å². The first-order chi connectivity index (χ1) is 12.5. The smallest absolute Gasteiger partial charge is 0.307 e. The van der Waals surface area contributed by atoms with E-state index in [0.717, 1.165) is 6.33 Å². The van der Waals surface area contributed by atoms with Gasteiger partial charge in [-0.2, -0.15) is 8.42 Å². The molecule has 0 saturated carbocycles. The quantitative estimate of drug-likeness (QED) is 0.751. The number of amides is 2. The molecule has 7 nitrogen and oxygen atoms in total. The van der Waals surface area contributed by atoms with Crippen molar-refractivity contribution in [3.8, 4) is 0 Å². The van der Waals surface area contributed by atoms with Crippen LogP contribution >= 0.6 is 0 Å². The second-order valence-corrected chi connectivity index (χ2v) is 8.10. The van der Waals surface area contributed by atoms with E-state index >= 15 is 0 Å². The summed E-state index contributed by atoms with van der Waals surface area (Å²) in [4.78, 5) is 19.0. The van der Waals surface area contributed by atoms with Crippen LogP contribution in [0.2, 0.25) is 0 Å². The van der Waals surface area contributed by atoms with Gasteiger partial charge in [-0.3, -0.25) is 0 Å². The number of sulfonamides is 1. The molecule has 2 amide bonds. The fourth-order valence-corrected chi connectivity index (χ4v) is 3.40. The number of aromatic nitrogens is 2. The normalized spacial score (nSPS) is 11.7. The minimum atomic E-state index is -4.55. The number of hydrogen-bond donors (Lipinski definition) is 2. The fraction of sp³-hybridized carbons (Fsp3) is 0.353. The van der Waals surface area contributed by atoms with E-state index in [1.165, 1.54) is 12.1 Å². The molecule has 10 heteroatoms. The highest BCUT2D eigenvalue weighted by atomic mass is 32.2. The number of anilines is 1. The van der Waals surface area contributed by atoms with Gasteiger partial charge in [-0.05, 0) is 35.1 Å². The number of halogens is 2. The Balaban J connectivity index is 2.37. The number of benzene rings is 1. The number of carbonyl (C=O) groups is 1. The predicted molar refractivity (Wildman–Crippen MR) is 95.9 cm³/mol. The number of urea groups is 1. The van der Waals surface area contributed by atoms with Crippen LogP contribution in [0.3, 0.4) is 0 Å². The van der Waals surface area contributed by atoms with Gasteiger partial charge in [-0.1, -0.05) is 27.7 Å². The predicted octanol–water partition coefficient (Wildman–Crippen LogP) is 3.51. The van der Waals surface area contributed by atoms with E-state index in [1.54, 1.807) is 4.72 Å². The molecule has 2 N–H and O–H groups in total. The Kier molecular flexibility index (Phi) is 6.09. The average Bonchev–Trinajstić information content (AvgIpc) is 2.55. The van der Waals surface area contributed by atoms with Gasteiger partial charge < -0.3 is 5.32 Å². The molecule has 0 atom stereocenters. The molecule has 0 bridgehead atoms. The maximum absolute atomic E-state index is 13.9. The molecule has 1 aromatic heterocycles. The van der Waals surface area contributed by atoms with Crippen molar-refractivity contribution in [2.75, 3.05) is 5.32 Å². The second-order valence-electron chi connectivity index (χ2n) is 6.50. The first-order valence-electron chi connectivity index (χ1n) is 8.15. The van der Waals surface area contributed by atoms with E-state index in [1.807, 2.05) is 27.7 Å². The molecule has 0 saturated heterocycles. The third-order valence-corrected chi connectivity index (χ3v) is 5.03. The molecule has 0 spiro atoms. The van der Waals surface area contributed by atoms with Crippen LogP contribution < -0.4 is 10.0 Å². The maximum Gasteiger partial charge on any atom is 0.333 e. The molecule has 0 fully saturated rings. The van der Waals surface area contributed by atoms with Crippen molar-refractivity contribution in [1.29, 1.82) is 0 Å². The maximum atomic E-state index is 13.9. The third kappa shape index (κ3) is 4.76. The average molecular weight is 398 g/mol. The first kappa shape index (κ1) is 20.7. The number of nitrogens with zero attached hydrogens (tertiary/aromatic N) is 2. The van der Waals surface area contributed by atoms with E-state index in [2.05, 4.69) is 15.3 Å². The zero-order chi connectivity index (χ0) is 20.4. The van der Waals surface area contributed by atoms with Gasteiger partial charge in [0.2, 0.25) is 5.03 Å². The summed E-state index contributed by atoms with van der Waals surface area (Å²) in [6.07, 6.45) is 1.52. The molecule has 146 valence electrons. The highest BCUT2D eigenvalue weighted by Crippen LogP contribution is 2.33. The minimum Gasteiger partial charge on any atom is -0.307 e. The Labute approximate surface area is 156 Å². The zero-order valence-corrected chi connectivity index (χ0v) is 16.1. The Hall–Kier alpha value is -2.62. The third-order valence-electron chi connectivity index (χ3n) is 3.76. The molecule has 27 heavy (non-hydrogen) atoms. The van der Waals surface area contributed by atoms with Crippen molar-refractivity contribution in [2.45, 2.75) is 44.6 Å². The monoisotopic (exact) mass is 398 g/mol. The van der Waals surface area contributed by atoms with Crippen molar-refractivity contribution in [2.24, 2.45) is 0 Å². The summed E-state index contributed by atoms with van der Waals surface area (Å²) in [7, 11) is -4.55. The summed E-state index contributed by atoms with van der Waals surface area (Å²) in [6, 6.07) is 1.46. The minimum absolute atomic E-state index is 0.135. The molecule has 0 unspecified atom stereocenters. The molecular weight excluding hydrogens is 378 g/mol. The molecule has 0 radical (unpaired) electrons. The van der Waals surface area contributed by atoms with E-state index < -0.39 is 32.7 Å². The molecule has 0 aliphatic heterocycles. The van der Waals surface area contributed by atoms with Gasteiger partial charge in [0, 0.05) is 5.69 Å². The molecule has 2 rings (SSSR count). The van der Waals surface area contributed by atoms with Gasteiger partial charge in [-0.25, -0.2) is 28.3 Å². The SMILES string of the molecule is CC(C)c1cc(F)cc(C(C)C)c1NC(=O)NS(=O)(=O)c1ncncc1F. The van der Waals surface area contributed by atoms with Crippen LogP contribution in [0.4, 0.5) is 19.3 Å². The lowest BCUT2D eigenvalue weighted by Gasteiger charge is -2.20. The van der Waals surface area contributed by atoms with Crippen molar-refractivity contribution in [3.05, 3.63) is 47.4 Å². The summed E-state index contributed by atoms with van der Waals surface area (Å²) < 4.78 is 53.6. The van der Waals surface area contributed by atoms with Gasteiger partial charge in [0.25, 0.3) is 10.0 Å². The van der Waals surface area contributed by atoms with Crippen LogP contribution in [0.1, 0.15) is 50.7 Å². The Morgan fingerprint density at radius 2 is 1.63 bits per heavy atom. The summed E-state index contributed by atoms with van der Waals surface area (Å²) in [5.41, 5.74) is 1.34. The lowest BCUT2D eigenvalue weighted by atomic mass is 9.92. The van der Waals surface area contributed by atoms with Crippen molar-refractivity contribution >= 4 is 21.7 Å². The van der Waals surface area contributed by atoms with E-state index in [9.17, 15) is 22.0 Å². The van der Waals surface area contributed by atoms with Crippen LogP contribution in [-0.2, 0) is 10.0 Å². The highest BCUT2D eigenvalue weighted by Gasteiger charge is 2.25. The lowest BCUT2D eigenvalue weighted by molar-refractivity contribution is 0.256. The zero-order valence-electron chi connectivity index (χ0n) is 15.2. The Morgan fingerprint density at radius 1 is 1.07 bits per heavy atom. The molecule has 0 aliphatic carbocycles. The largest absolute Gasteiger partial charge is 0.333 e. The fourth-order valence-electron chi connectivity index (χ4n) is 2.51. The lowest BCUT2D eigenvalue weighted by Crippen LogP contribution is -2.36. The second kappa shape index (κ2) is 7.95. The van der Waals surface area contributed by atoms with Crippen molar-refractivity contribution < 1.29 is 22.0 Å². The Bertz CT molecular complexity index is 933. The van der Waals surface area contributed by atoms with E-state index in [-0.39, 0.29) is 11.8 Å². The number of nitrogens with one attached hydrogen (secondary N) is 2. The molecule has 0 aliphatic rings. The summed E-state index contributed by atoms with van der Waals surface area (Å²) >= 11 is 0. The Morgan fingerprint density at radius 3 is 2.11 bits per heavy atom.